The van der Waals surface area contributed by atoms with Crippen LogP contribution in [0.25, 0.3) is 0 Å². The van der Waals surface area contributed by atoms with Crippen LogP contribution in [0.1, 0.15) is 23.2 Å². The van der Waals surface area contributed by atoms with Gasteiger partial charge < -0.3 is 20.5 Å². The molecule has 8 heteroatoms. The Morgan fingerprint density at radius 3 is 2.86 bits per heavy atom. The Morgan fingerprint density at radius 1 is 1.29 bits per heavy atom. The van der Waals surface area contributed by atoms with Gasteiger partial charge >= 0.3 is 0 Å². The van der Waals surface area contributed by atoms with Crippen molar-refractivity contribution in [2.45, 2.75) is 13.8 Å². The molecule has 3 N–H and O–H groups in total. The van der Waals surface area contributed by atoms with Crippen molar-refractivity contribution < 1.29 is 9.32 Å². The number of hydrogen-bond donors (Lipinski definition) is 3. The number of amides is 1. The zero-order valence-corrected chi connectivity index (χ0v) is 12.0. The Balaban J connectivity index is 1.79. The summed E-state index contributed by atoms with van der Waals surface area (Å²) < 4.78 is 4.76. The van der Waals surface area contributed by atoms with Gasteiger partial charge in [0.05, 0.1) is 6.20 Å². The number of aryl methyl sites for hydroxylation is 1. The van der Waals surface area contributed by atoms with Crippen LogP contribution >= 0.6 is 0 Å². The highest BCUT2D eigenvalue weighted by atomic mass is 16.5. The maximum atomic E-state index is 11.6. The summed E-state index contributed by atoms with van der Waals surface area (Å²) >= 11 is 0. The first-order chi connectivity index (χ1) is 10.2. The Hall–Kier alpha value is -2.64. The molecule has 2 rings (SSSR count). The molecule has 0 spiro atoms. The van der Waals surface area contributed by atoms with E-state index in [1.54, 1.807) is 0 Å². The van der Waals surface area contributed by atoms with E-state index in [4.69, 9.17) is 4.52 Å². The van der Waals surface area contributed by atoms with E-state index in [9.17, 15) is 4.79 Å². The van der Waals surface area contributed by atoms with Crippen molar-refractivity contribution in [3.63, 3.8) is 0 Å². The normalized spacial score (nSPS) is 10.2. The van der Waals surface area contributed by atoms with Crippen LogP contribution in [0.5, 0.6) is 0 Å². The fourth-order valence-electron chi connectivity index (χ4n) is 1.68. The summed E-state index contributed by atoms with van der Waals surface area (Å²) in [6, 6.07) is 3.36. The molecule has 0 aliphatic carbocycles. The molecule has 112 valence electrons. The van der Waals surface area contributed by atoms with Crippen molar-refractivity contribution in [3.05, 3.63) is 29.8 Å². The van der Waals surface area contributed by atoms with E-state index in [0.29, 0.717) is 24.9 Å². The fourth-order valence-corrected chi connectivity index (χ4v) is 1.68. The van der Waals surface area contributed by atoms with Gasteiger partial charge in [-0.2, -0.15) is 4.98 Å². The van der Waals surface area contributed by atoms with Gasteiger partial charge in [0.15, 0.2) is 0 Å². The van der Waals surface area contributed by atoms with Crippen LogP contribution in [-0.4, -0.2) is 40.7 Å². The zero-order chi connectivity index (χ0) is 15.1. The number of nitrogens with one attached hydrogen (secondary N) is 3. The molecule has 1 amide bonds. The van der Waals surface area contributed by atoms with Crippen LogP contribution in [0.4, 0.5) is 11.8 Å². The van der Waals surface area contributed by atoms with Crippen molar-refractivity contribution in [2.24, 2.45) is 0 Å². The van der Waals surface area contributed by atoms with E-state index in [1.807, 2.05) is 19.9 Å². The highest BCUT2D eigenvalue weighted by Crippen LogP contribution is 2.08. The zero-order valence-electron chi connectivity index (χ0n) is 12.0. The molecule has 0 aliphatic heterocycles. The average Bonchev–Trinajstić information content (AvgIpc) is 2.97. The molecular formula is C13H18N6O2. The smallest absolute Gasteiger partial charge is 0.289 e. The number of aromatic nitrogens is 3. The van der Waals surface area contributed by atoms with Crippen LogP contribution < -0.4 is 16.0 Å². The molecule has 0 unspecified atom stereocenters. The quantitative estimate of drug-likeness (QED) is 0.654. The van der Waals surface area contributed by atoms with Gasteiger partial charge in [-0.05, 0) is 13.8 Å². The third-order valence-electron chi connectivity index (χ3n) is 2.57. The SMILES string of the molecule is CCNc1nc(C)cc(NCCNC(=O)c2ccno2)n1. The third kappa shape index (κ3) is 4.44. The van der Waals surface area contributed by atoms with E-state index < -0.39 is 0 Å². The van der Waals surface area contributed by atoms with Crippen LogP contribution in [-0.2, 0) is 0 Å². The molecule has 2 aromatic heterocycles. The van der Waals surface area contributed by atoms with Crippen molar-refractivity contribution in [1.82, 2.24) is 20.4 Å². The van der Waals surface area contributed by atoms with Crippen LogP contribution in [0.15, 0.2) is 22.9 Å². The van der Waals surface area contributed by atoms with Gasteiger partial charge in [0, 0.05) is 37.5 Å². The summed E-state index contributed by atoms with van der Waals surface area (Å²) in [4.78, 5) is 20.2. The molecule has 2 heterocycles. The van der Waals surface area contributed by atoms with E-state index in [0.717, 1.165) is 12.2 Å². The molecule has 0 aromatic carbocycles. The summed E-state index contributed by atoms with van der Waals surface area (Å²) in [5.74, 6) is 1.21. The van der Waals surface area contributed by atoms with Gasteiger partial charge in [0.2, 0.25) is 11.7 Å². The molecule has 0 aliphatic rings. The summed E-state index contributed by atoms with van der Waals surface area (Å²) in [5.41, 5.74) is 0.870. The number of carbonyl (C=O) groups excluding carboxylic acids is 1. The minimum atomic E-state index is -0.290. The van der Waals surface area contributed by atoms with E-state index >= 15 is 0 Å². The minimum absolute atomic E-state index is 0.197. The second-order valence-electron chi connectivity index (χ2n) is 4.31. The van der Waals surface area contributed by atoms with Crippen LogP contribution in [0, 0.1) is 6.92 Å². The first-order valence-electron chi connectivity index (χ1n) is 6.71. The molecule has 0 saturated carbocycles. The van der Waals surface area contributed by atoms with E-state index in [2.05, 4.69) is 31.1 Å². The highest BCUT2D eigenvalue weighted by molar-refractivity contribution is 5.91. The fraction of sp³-hybridized carbons (Fsp3) is 0.385. The van der Waals surface area contributed by atoms with E-state index in [1.165, 1.54) is 12.3 Å². The number of hydrogen-bond acceptors (Lipinski definition) is 7. The molecule has 21 heavy (non-hydrogen) atoms. The van der Waals surface area contributed by atoms with Crippen molar-refractivity contribution in [2.75, 3.05) is 30.3 Å². The van der Waals surface area contributed by atoms with Crippen molar-refractivity contribution in [3.8, 4) is 0 Å². The third-order valence-corrected chi connectivity index (χ3v) is 2.57. The van der Waals surface area contributed by atoms with Gasteiger partial charge in [-0.15, -0.1) is 0 Å². The number of nitrogens with zero attached hydrogens (tertiary/aromatic N) is 3. The number of carbonyl (C=O) groups is 1. The second-order valence-corrected chi connectivity index (χ2v) is 4.31. The van der Waals surface area contributed by atoms with Gasteiger partial charge in [-0.25, -0.2) is 4.98 Å². The lowest BCUT2D eigenvalue weighted by Gasteiger charge is -2.09. The summed E-state index contributed by atoms with van der Waals surface area (Å²) in [6.45, 7) is 5.63. The molecule has 2 aromatic rings. The maximum Gasteiger partial charge on any atom is 0.289 e. The lowest BCUT2D eigenvalue weighted by Crippen LogP contribution is -2.28. The lowest BCUT2D eigenvalue weighted by molar-refractivity contribution is 0.0918. The number of anilines is 2. The standard InChI is InChI=1S/C13H18N6O2/c1-3-14-13-18-9(2)8-11(19-13)15-6-7-16-12(20)10-4-5-17-21-10/h4-5,8H,3,6-7H2,1-2H3,(H,16,20)(H2,14,15,18,19). The Labute approximate surface area is 122 Å². The van der Waals surface area contributed by atoms with Gasteiger partial charge in [0.25, 0.3) is 5.91 Å². The number of rotatable bonds is 7. The predicted molar refractivity (Wildman–Crippen MR) is 78.3 cm³/mol. The molecule has 0 radical (unpaired) electrons. The molecule has 0 saturated heterocycles. The van der Waals surface area contributed by atoms with Crippen LogP contribution in [0.2, 0.25) is 0 Å². The highest BCUT2D eigenvalue weighted by Gasteiger charge is 2.08. The molecule has 8 nitrogen and oxygen atoms in total. The Kier molecular flexibility index (Phi) is 5.08. The maximum absolute atomic E-state index is 11.6. The van der Waals surface area contributed by atoms with Crippen LogP contribution in [0.3, 0.4) is 0 Å². The topological polar surface area (TPSA) is 105 Å². The Morgan fingerprint density at radius 2 is 2.14 bits per heavy atom. The monoisotopic (exact) mass is 290 g/mol. The average molecular weight is 290 g/mol. The largest absolute Gasteiger partial charge is 0.368 e. The molecule has 0 atom stereocenters. The summed E-state index contributed by atoms with van der Waals surface area (Å²) in [7, 11) is 0. The van der Waals surface area contributed by atoms with Gasteiger partial charge in [0.1, 0.15) is 5.82 Å². The molecule has 0 fully saturated rings. The Bertz CT molecular complexity index is 584. The second kappa shape index (κ2) is 7.22. The van der Waals surface area contributed by atoms with Crippen molar-refractivity contribution in [1.29, 1.82) is 0 Å². The van der Waals surface area contributed by atoms with E-state index in [-0.39, 0.29) is 11.7 Å². The molecule has 0 bridgehead atoms. The molecular weight excluding hydrogens is 272 g/mol. The lowest BCUT2D eigenvalue weighted by atomic mass is 10.4. The van der Waals surface area contributed by atoms with Gasteiger partial charge in [-0.3, -0.25) is 4.79 Å². The minimum Gasteiger partial charge on any atom is -0.368 e. The first kappa shape index (κ1) is 14.8. The van der Waals surface area contributed by atoms with Gasteiger partial charge in [-0.1, -0.05) is 5.16 Å². The summed E-state index contributed by atoms with van der Waals surface area (Å²) in [5, 5.41) is 12.4. The first-order valence-corrected chi connectivity index (χ1v) is 6.71. The predicted octanol–water partition coefficient (Wildman–Crippen LogP) is 1.05. The van der Waals surface area contributed by atoms with Crippen molar-refractivity contribution >= 4 is 17.7 Å². The summed E-state index contributed by atoms with van der Waals surface area (Å²) in [6.07, 6.45) is 1.43.